The van der Waals surface area contributed by atoms with Crippen LogP contribution >= 0.6 is 0 Å². The molecule has 2 aliphatic rings. The first-order chi connectivity index (χ1) is 18.4. The van der Waals surface area contributed by atoms with Crippen molar-refractivity contribution in [2.75, 3.05) is 26.4 Å². The van der Waals surface area contributed by atoms with Gasteiger partial charge in [0.1, 0.15) is 0 Å². The molecule has 2 atom stereocenters. The van der Waals surface area contributed by atoms with Gasteiger partial charge in [0.25, 0.3) is 0 Å². The van der Waals surface area contributed by atoms with E-state index in [0.29, 0.717) is 26.1 Å². The van der Waals surface area contributed by atoms with Gasteiger partial charge < -0.3 is 0 Å². The number of rotatable bonds is 14. The quantitative estimate of drug-likeness (QED) is 0.155. The first-order valence-corrected chi connectivity index (χ1v) is 32.6. The average molecular weight is 736 g/mol. The van der Waals surface area contributed by atoms with Crippen LogP contribution in [-0.2, 0) is 4.79 Å². The molecule has 0 bridgehead atoms. The number of benzene rings is 2. The van der Waals surface area contributed by atoms with Crippen LogP contribution in [0.2, 0.25) is 28.6 Å². The second-order valence-electron chi connectivity index (χ2n) is 11.7. The zero-order valence-electron chi connectivity index (χ0n) is 23.8. The summed E-state index contributed by atoms with van der Waals surface area (Å²) in [5.74, 6) is 3.20. The predicted molar refractivity (Wildman–Crippen MR) is 160 cm³/mol. The molecule has 0 N–H and O–H groups in total. The Morgan fingerprint density at radius 2 is 1.18 bits per heavy atom. The predicted octanol–water partition coefficient (Wildman–Crippen LogP) is 6.98. The fourth-order valence-corrected chi connectivity index (χ4v) is 11.8. The van der Waals surface area contributed by atoms with Gasteiger partial charge in [-0.15, -0.1) is 0 Å². The molecule has 2 heterocycles. The molecule has 4 rings (SSSR count). The SMILES string of the molecule is [CH3][SnH]([CH3])[CH2]CCCOc1ccc2c(c1)OCCC2C(=O)C1CCOc2cc(OCCC[CH2][SnH]([CH3])[CH3])ccc21. The summed E-state index contributed by atoms with van der Waals surface area (Å²) in [6.45, 7) is 2.59. The van der Waals surface area contributed by atoms with Crippen LogP contribution in [0.15, 0.2) is 36.4 Å². The minimum absolute atomic E-state index is 0.162. The summed E-state index contributed by atoms with van der Waals surface area (Å²) in [5.41, 5.74) is 1.98. The van der Waals surface area contributed by atoms with E-state index in [9.17, 15) is 4.79 Å². The number of ketones is 1. The molecule has 2 aliphatic heterocycles. The van der Waals surface area contributed by atoms with Crippen LogP contribution in [-0.4, -0.2) is 71.7 Å². The summed E-state index contributed by atoms with van der Waals surface area (Å²) in [6.07, 6.45) is 6.16. The summed E-state index contributed by atoms with van der Waals surface area (Å²) in [4.78, 5) is 23.7. The summed E-state index contributed by atoms with van der Waals surface area (Å²) in [5, 5.41) is 0. The third-order valence-electron chi connectivity index (χ3n) is 7.63. The average Bonchev–Trinajstić information content (AvgIpc) is 2.91. The summed E-state index contributed by atoms with van der Waals surface area (Å²) < 4.78 is 26.9. The second kappa shape index (κ2) is 15.1. The number of unbranched alkanes of at least 4 members (excludes halogenated alkanes) is 2. The normalized spacial score (nSPS) is 18.4. The Kier molecular flexibility index (Phi) is 11.8. The number of carbonyl (C=O) groups excluding carboxylic acids is 1. The number of ether oxygens (including phenoxy) is 4. The zero-order valence-corrected chi connectivity index (χ0v) is 30.4. The van der Waals surface area contributed by atoms with Crippen molar-refractivity contribution in [2.45, 2.75) is 79.0 Å². The van der Waals surface area contributed by atoms with E-state index in [1.807, 2.05) is 36.4 Å². The molecule has 0 aliphatic carbocycles. The van der Waals surface area contributed by atoms with Crippen molar-refractivity contribution < 1.29 is 23.7 Å². The Bertz CT molecular complexity index is 973. The third kappa shape index (κ3) is 8.45. The van der Waals surface area contributed by atoms with Gasteiger partial charge in [-0.25, -0.2) is 0 Å². The molecule has 0 saturated carbocycles. The minimum atomic E-state index is -1.11. The number of hydrogen-bond donors (Lipinski definition) is 0. The van der Waals surface area contributed by atoms with Crippen molar-refractivity contribution in [2.24, 2.45) is 0 Å². The molecule has 0 spiro atoms. The fraction of sp³-hybridized carbons (Fsp3) is 0.581. The summed E-state index contributed by atoms with van der Waals surface area (Å²) >= 11 is -2.22. The molecule has 5 nitrogen and oxygen atoms in total. The Hall–Kier alpha value is -1.09. The number of Topliss-reactive ketones (excluding diaryl/α,β-unsaturated/α-hetero) is 1. The van der Waals surface area contributed by atoms with Crippen LogP contribution in [0.4, 0.5) is 0 Å². The van der Waals surface area contributed by atoms with E-state index in [4.69, 9.17) is 18.9 Å². The van der Waals surface area contributed by atoms with Gasteiger partial charge in [-0.05, 0) is 0 Å². The Balaban J connectivity index is 1.38. The van der Waals surface area contributed by atoms with Gasteiger partial charge in [-0.1, -0.05) is 0 Å². The van der Waals surface area contributed by atoms with Crippen LogP contribution in [0.25, 0.3) is 0 Å². The van der Waals surface area contributed by atoms with Gasteiger partial charge in [0.15, 0.2) is 0 Å². The van der Waals surface area contributed by atoms with Gasteiger partial charge in [-0.3, -0.25) is 0 Å². The summed E-state index contributed by atoms with van der Waals surface area (Å²) in [6, 6.07) is 12.0. The Labute approximate surface area is 243 Å². The van der Waals surface area contributed by atoms with Crippen molar-refractivity contribution in [1.29, 1.82) is 0 Å². The molecule has 208 valence electrons. The molecule has 0 fully saturated rings. The Morgan fingerprint density at radius 1 is 0.737 bits per heavy atom. The van der Waals surface area contributed by atoms with Crippen molar-refractivity contribution in [3.8, 4) is 23.0 Å². The van der Waals surface area contributed by atoms with Crippen LogP contribution in [0.1, 0.15) is 61.5 Å². The van der Waals surface area contributed by atoms with Crippen LogP contribution in [0.3, 0.4) is 0 Å². The molecule has 38 heavy (non-hydrogen) atoms. The fourth-order valence-electron chi connectivity index (χ4n) is 5.44. The standard InChI is InChI=1S/C27H32O5.4CH3.2Sn.2H/c1-3-5-13-29-19-7-9-21-23(11-15-31-25(21)17-19)27(28)24-12-16-32-26-18-20(8-10-22(24)26)30-14-6-4-2;;;;;;;;/h7-10,17-18,23-24H,1-6,11-16H2;4*1H3;;;;. The van der Waals surface area contributed by atoms with E-state index < -0.39 is 39.5 Å². The van der Waals surface area contributed by atoms with E-state index in [1.165, 1.54) is 21.7 Å². The van der Waals surface area contributed by atoms with E-state index in [0.717, 1.165) is 60.2 Å². The number of fused-ring (bicyclic) bond motifs is 2. The van der Waals surface area contributed by atoms with Crippen molar-refractivity contribution >= 4 is 45.3 Å². The van der Waals surface area contributed by atoms with E-state index in [-0.39, 0.29) is 17.6 Å². The maximum atomic E-state index is 13.9. The van der Waals surface area contributed by atoms with E-state index in [1.54, 1.807) is 0 Å². The third-order valence-corrected chi connectivity index (χ3v) is 16.5. The molecular weight excluding hydrogens is 690 g/mol. The van der Waals surface area contributed by atoms with E-state index in [2.05, 4.69) is 19.8 Å². The second-order valence-corrected chi connectivity index (χ2v) is 30.9. The summed E-state index contributed by atoms with van der Waals surface area (Å²) in [7, 11) is 0. The van der Waals surface area contributed by atoms with Gasteiger partial charge in [0.05, 0.1) is 0 Å². The molecule has 0 saturated heterocycles. The van der Waals surface area contributed by atoms with Crippen LogP contribution in [0, 0.1) is 0 Å². The topological polar surface area (TPSA) is 54.0 Å². The van der Waals surface area contributed by atoms with Gasteiger partial charge in [0.2, 0.25) is 0 Å². The van der Waals surface area contributed by atoms with Crippen molar-refractivity contribution in [1.82, 2.24) is 0 Å². The van der Waals surface area contributed by atoms with Gasteiger partial charge in [0, 0.05) is 0 Å². The van der Waals surface area contributed by atoms with Crippen LogP contribution < -0.4 is 18.9 Å². The molecular formula is C31H46O5Sn2. The van der Waals surface area contributed by atoms with Gasteiger partial charge >= 0.3 is 245 Å². The van der Waals surface area contributed by atoms with Crippen molar-refractivity contribution in [3.63, 3.8) is 0 Å². The van der Waals surface area contributed by atoms with E-state index >= 15 is 0 Å². The molecule has 0 aromatic heterocycles. The molecule has 2 aromatic rings. The molecule has 7 heteroatoms. The molecule has 2 aromatic carbocycles. The first-order valence-electron chi connectivity index (χ1n) is 14.7. The van der Waals surface area contributed by atoms with Crippen molar-refractivity contribution in [3.05, 3.63) is 47.5 Å². The molecule has 0 amide bonds. The molecule has 2 unspecified atom stereocenters. The number of carbonyl (C=O) groups is 1. The van der Waals surface area contributed by atoms with Crippen LogP contribution in [0.5, 0.6) is 23.0 Å². The maximum absolute atomic E-state index is 13.9. The first kappa shape index (κ1) is 29.9. The van der Waals surface area contributed by atoms with Gasteiger partial charge in [-0.2, -0.15) is 0 Å². The molecule has 0 radical (unpaired) electrons. The monoisotopic (exact) mass is 738 g/mol. The zero-order chi connectivity index (χ0) is 26.9. The number of hydrogen-bond acceptors (Lipinski definition) is 5. The Morgan fingerprint density at radius 3 is 1.61 bits per heavy atom.